The number of hydrogen-bond donors (Lipinski definition) is 0. The van der Waals surface area contributed by atoms with E-state index < -0.39 is 0 Å². The van der Waals surface area contributed by atoms with Crippen molar-refractivity contribution in [1.82, 2.24) is 0 Å². The zero-order valence-corrected chi connectivity index (χ0v) is 9.99. The van der Waals surface area contributed by atoms with E-state index in [-0.39, 0.29) is 11.2 Å². The number of rotatable bonds is 1. The van der Waals surface area contributed by atoms with Gasteiger partial charge in [0.05, 0.1) is 0 Å². The molecule has 0 unspecified atom stereocenters. The maximum absolute atomic E-state index is 11.1. The molecule has 1 aromatic carbocycles. The zero-order chi connectivity index (χ0) is 10.9. The maximum atomic E-state index is 11.1. The lowest BCUT2D eigenvalue weighted by molar-refractivity contribution is -0.110. The van der Waals surface area contributed by atoms with Gasteiger partial charge in [-0.3, -0.25) is 4.79 Å². The summed E-state index contributed by atoms with van der Waals surface area (Å²) in [4.78, 5) is 11.1. The van der Waals surface area contributed by atoms with Gasteiger partial charge in [-0.2, -0.15) is 0 Å². The molecule has 0 amide bonds. The molecular formula is C13H11BrO. The molecule has 0 saturated heterocycles. The summed E-state index contributed by atoms with van der Waals surface area (Å²) in [5.74, 6) is 0.0578. The molecule has 0 spiro atoms. The first-order chi connectivity index (χ1) is 7.10. The van der Waals surface area contributed by atoms with Crippen molar-refractivity contribution in [1.29, 1.82) is 0 Å². The fraction of sp³-hybridized carbons (Fsp3) is 0.154. The molecule has 0 aromatic heterocycles. The first-order valence-corrected chi connectivity index (χ1v) is 5.58. The van der Waals surface area contributed by atoms with Crippen LogP contribution in [0.4, 0.5) is 0 Å². The highest BCUT2D eigenvalue weighted by atomic mass is 79.9. The molecule has 1 aromatic rings. The van der Waals surface area contributed by atoms with Gasteiger partial charge in [-0.25, -0.2) is 0 Å². The van der Waals surface area contributed by atoms with Gasteiger partial charge in [0, 0.05) is 9.89 Å². The third-order valence-electron chi connectivity index (χ3n) is 2.63. The second-order valence-corrected chi connectivity index (χ2v) is 4.78. The van der Waals surface area contributed by atoms with Crippen molar-refractivity contribution in [3.63, 3.8) is 0 Å². The van der Waals surface area contributed by atoms with Crippen molar-refractivity contribution in [2.45, 2.75) is 12.3 Å². The lowest BCUT2D eigenvalue weighted by Gasteiger charge is -2.24. The summed E-state index contributed by atoms with van der Waals surface area (Å²) in [6, 6.07) is 8.14. The number of ketones is 1. The third kappa shape index (κ3) is 2.10. The highest BCUT2D eigenvalue weighted by Crippen LogP contribution is 2.30. The smallest absolute Gasteiger partial charge is 0.178 e. The average Bonchev–Trinajstić information content (AvgIpc) is 2.23. The summed E-state index contributed by atoms with van der Waals surface area (Å²) >= 11 is 3.45. The number of hydrogen-bond acceptors (Lipinski definition) is 1. The molecule has 0 heterocycles. The van der Waals surface area contributed by atoms with E-state index in [2.05, 4.69) is 35.0 Å². The van der Waals surface area contributed by atoms with Gasteiger partial charge in [-0.1, -0.05) is 40.2 Å². The van der Waals surface area contributed by atoms with Gasteiger partial charge in [0.15, 0.2) is 5.78 Å². The average molecular weight is 263 g/mol. The van der Waals surface area contributed by atoms with Crippen LogP contribution < -0.4 is 0 Å². The van der Waals surface area contributed by atoms with E-state index in [1.807, 2.05) is 24.3 Å². The van der Waals surface area contributed by atoms with Crippen LogP contribution >= 0.6 is 15.9 Å². The Kier molecular flexibility index (Phi) is 2.61. The monoisotopic (exact) mass is 262 g/mol. The van der Waals surface area contributed by atoms with Gasteiger partial charge in [-0.05, 0) is 36.8 Å². The topological polar surface area (TPSA) is 17.1 Å². The number of benzene rings is 1. The van der Waals surface area contributed by atoms with Crippen LogP contribution in [-0.4, -0.2) is 5.78 Å². The molecular weight excluding hydrogens is 252 g/mol. The number of carbonyl (C=O) groups excluding carboxylic acids is 1. The van der Waals surface area contributed by atoms with Gasteiger partial charge in [-0.15, -0.1) is 0 Å². The second-order valence-electron chi connectivity index (χ2n) is 3.86. The van der Waals surface area contributed by atoms with E-state index in [0.717, 1.165) is 4.47 Å². The molecule has 15 heavy (non-hydrogen) atoms. The zero-order valence-electron chi connectivity index (χ0n) is 8.41. The van der Waals surface area contributed by atoms with Crippen molar-refractivity contribution >= 4 is 21.7 Å². The Labute approximate surface area is 97.6 Å². The molecule has 1 aliphatic rings. The molecule has 0 N–H and O–H groups in total. The number of allylic oxidation sites excluding steroid dienone is 4. The molecule has 2 heteroatoms. The molecule has 1 aliphatic carbocycles. The second kappa shape index (κ2) is 3.78. The molecule has 0 bridgehead atoms. The van der Waals surface area contributed by atoms with Crippen molar-refractivity contribution in [2.24, 2.45) is 0 Å². The quantitative estimate of drug-likeness (QED) is 0.758. The predicted molar refractivity (Wildman–Crippen MR) is 64.8 cm³/mol. The van der Waals surface area contributed by atoms with Crippen LogP contribution in [0, 0.1) is 0 Å². The number of halogens is 1. The molecule has 0 saturated carbocycles. The maximum Gasteiger partial charge on any atom is 0.178 e. The van der Waals surface area contributed by atoms with Gasteiger partial charge < -0.3 is 0 Å². The third-order valence-corrected chi connectivity index (χ3v) is 3.13. The van der Waals surface area contributed by atoms with E-state index >= 15 is 0 Å². The minimum Gasteiger partial charge on any atom is -0.290 e. The summed E-state index contributed by atoms with van der Waals surface area (Å²) in [5.41, 5.74) is 1.01. The normalized spacial score (nSPS) is 18.1. The molecule has 0 fully saturated rings. The van der Waals surface area contributed by atoms with Gasteiger partial charge in [0.25, 0.3) is 0 Å². The standard InChI is InChI=1S/C13H11BrO/c1-13(7-5-12(15)6-8-13)10-3-2-4-11(14)9-10/h2-9H,1H3. The van der Waals surface area contributed by atoms with Crippen LogP contribution in [0.2, 0.25) is 0 Å². The minimum atomic E-state index is -0.169. The van der Waals surface area contributed by atoms with E-state index in [9.17, 15) is 4.79 Å². The van der Waals surface area contributed by atoms with Crippen LogP contribution in [-0.2, 0) is 10.2 Å². The minimum absolute atomic E-state index is 0.0578. The Morgan fingerprint density at radius 3 is 2.47 bits per heavy atom. The van der Waals surface area contributed by atoms with Crippen molar-refractivity contribution in [2.75, 3.05) is 0 Å². The number of carbonyl (C=O) groups is 1. The Balaban J connectivity index is 2.43. The summed E-state index contributed by atoms with van der Waals surface area (Å²) in [7, 11) is 0. The fourth-order valence-electron chi connectivity index (χ4n) is 1.64. The van der Waals surface area contributed by atoms with E-state index in [1.165, 1.54) is 5.56 Å². The first kappa shape index (κ1) is 10.4. The Morgan fingerprint density at radius 1 is 1.20 bits per heavy atom. The predicted octanol–water partition coefficient (Wildman–Crippen LogP) is 3.40. The van der Waals surface area contributed by atoms with E-state index in [4.69, 9.17) is 0 Å². The van der Waals surface area contributed by atoms with Crippen molar-refractivity contribution in [3.05, 3.63) is 58.6 Å². The summed E-state index contributed by atoms with van der Waals surface area (Å²) in [5, 5.41) is 0. The van der Waals surface area contributed by atoms with Crippen LogP contribution in [0.1, 0.15) is 12.5 Å². The highest BCUT2D eigenvalue weighted by Gasteiger charge is 2.22. The Hall–Kier alpha value is -1.15. The van der Waals surface area contributed by atoms with Crippen molar-refractivity contribution in [3.8, 4) is 0 Å². The van der Waals surface area contributed by atoms with Crippen LogP contribution in [0.3, 0.4) is 0 Å². The van der Waals surface area contributed by atoms with Crippen LogP contribution in [0.15, 0.2) is 53.0 Å². The lowest BCUT2D eigenvalue weighted by atomic mass is 9.79. The van der Waals surface area contributed by atoms with Gasteiger partial charge in [0.1, 0.15) is 0 Å². The van der Waals surface area contributed by atoms with E-state index in [1.54, 1.807) is 12.2 Å². The van der Waals surface area contributed by atoms with Crippen LogP contribution in [0.25, 0.3) is 0 Å². The fourth-order valence-corrected chi connectivity index (χ4v) is 2.04. The molecule has 0 atom stereocenters. The molecule has 1 nitrogen and oxygen atoms in total. The SMILES string of the molecule is CC1(c2cccc(Br)c2)C=CC(=O)C=C1. The highest BCUT2D eigenvalue weighted by molar-refractivity contribution is 9.10. The Bertz CT molecular complexity index is 441. The largest absolute Gasteiger partial charge is 0.290 e. The molecule has 2 rings (SSSR count). The van der Waals surface area contributed by atoms with Crippen molar-refractivity contribution < 1.29 is 4.79 Å². The molecule has 76 valence electrons. The van der Waals surface area contributed by atoms with Gasteiger partial charge >= 0.3 is 0 Å². The summed E-state index contributed by atoms with van der Waals surface area (Å²) in [6.45, 7) is 2.09. The summed E-state index contributed by atoms with van der Waals surface area (Å²) < 4.78 is 1.06. The van der Waals surface area contributed by atoms with E-state index in [0.29, 0.717) is 0 Å². The molecule has 0 radical (unpaired) electrons. The van der Waals surface area contributed by atoms with Crippen LogP contribution in [0.5, 0.6) is 0 Å². The lowest BCUT2D eigenvalue weighted by Crippen LogP contribution is -2.19. The van der Waals surface area contributed by atoms with Gasteiger partial charge in [0.2, 0.25) is 0 Å². The first-order valence-electron chi connectivity index (χ1n) is 4.79. The summed E-state index contributed by atoms with van der Waals surface area (Å²) in [6.07, 6.45) is 7.13. The molecule has 0 aliphatic heterocycles. The Morgan fingerprint density at radius 2 is 1.87 bits per heavy atom.